The molecular weight excluding hydrogens is 378 g/mol. The highest BCUT2D eigenvalue weighted by atomic mass is 32.2. The second-order valence-electron chi connectivity index (χ2n) is 7.32. The number of aliphatic carboxylic acids is 1. The molecule has 0 saturated heterocycles. The second kappa shape index (κ2) is 8.75. The molecule has 0 unspecified atom stereocenters. The predicted octanol–water partition coefficient (Wildman–Crippen LogP) is 5.98. The molecule has 29 heavy (non-hydrogen) atoms. The summed E-state index contributed by atoms with van der Waals surface area (Å²) < 4.78 is 0. The minimum absolute atomic E-state index is 0.660. The second-order valence-corrected chi connectivity index (χ2v) is 8.14. The van der Waals surface area contributed by atoms with Crippen LogP contribution in [0, 0.1) is 0 Å². The van der Waals surface area contributed by atoms with Crippen LogP contribution in [0.3, 0.4) is 0 Å². The zero-order valence-corrected chi connectivity index (χ0v) is 17.8. The van der Waals surface area contributed by atoms with Crippen molar-refractivity contribution in [2.75, 3.05) is 6.26 Å². The Balaban J connectivity index is 1.83. The van der Waals surface area contributed by atoms with E-state index in [1.165, 1.54) is 0 Å². The predicted molar refractivity (Wildman–Crippen MR) is 124 cm³/mol. The molecular formula is C25H27NO2S. The van der Waals surface area contributed by atoms with Crippen LogP contribution in [0.2, 0.25) is 0 Å². The molecule has 0 aliphatic heterocycles. The number of hydrogen-bond donors (Lipinski definition) is 2. The highest BCUT2D eigenvalue weighted by molar-refractivity contribution is 8.07. The van der Waals surface area contributed by atoms with E-state index in [0.717, 1.165) is 52.0 Å². The summed E-state index contributed by atoms with van der Waals surface area (Å²) in [5, 5.41) is 9.45. The van der Waals surface area contributed by atoms with Gasteiger partial charge in [-0.25, -0.2) is 0 Å². The number of rotatable bonds is 8. The van der Waals surface area contributed by atoms with Gasteiger partial charge >= 0.3 is 5.97 Å². The van der Waals surface area contributed by atoms with Gasteiger partial charge in [0.2, 0.25) is 0 Å². The Labute approximate surface area is 177 Å². The molecule has 0 radical (unpaired) electrons. The first-order valence-corrected chi connectivity index (χ1v) is 11.0. The number of carboxylic acids is 1. The maximum atomic E-state index is 11.5. The zero-order chi connectivity index (χ0) is 21.0. The van der Waals surface area contributed by atoms with Crippen molar-refractivity contribution in [3.63, 3.8) is 0 Å². The summed E-state index contributed by atoms with van der Waals surface area (Å²) in [6.07, 6.45) is 8.42. The van der Waals surface area contributed by atoms with Crippen LogP contribution in [0.5, 0.6) is 0 Å². The fourth-order valence-corrected chi connectivity index (χ4v) is 4.15. The van der Waals surface area contributed by atoms with Gasteiger partial charge < -0.3 is 10.8 Å². The number of carboxylic acid groups (broad SMARTS) is 1. The molecule has 2 aromatic carbocycles. The molecule has 0 amide bonds. The minimum atomic E-state index is -0.723. The molecule has 3 rings (SSSR count). The van der Waals surface area contributed by atoms with E-state index in [9.17, 15) is 9.90 Å². The number of hydrogen-bond acceptors (Lipinski definition) is 3. The molecule has 150 valence electrons. The van der Waals surface area contributed by atoms with E-state index >= 15 is 0 Å². The first-order chi connectivity index (χ1) is 13.9. The summed E-state index contributed by atoms with van der Waals surface area (Å²) in [5.74, 6) is -0.723. The summed E-state index contributed by atoms with van der Waals surface area (Å²) >= 11 is 1.61. The molecule has 1 aliphatic rings. The van der Waals surface area contributed by atoms with Crippen molar-refractivity contribution in [2.45, 2.75) is 31.6 Å². The Bertz CT molecular complexity index is 965. The fraction of sp³-hybridized carbons (Fsp3) is 0.240. The highest BCUT2D eigenvalue weighted by Gasteiger charge is 2.51. The summed E-state index contributed by atoms with van der Waals surface area (Å²) in [6, 6.07) is 16.2. The van der Waals surface area contributed by atoms with Crippen LogP contribution in [-0.4, -0.2) is 17.3 Å². The average molecular weight is 406 g/mol. The molecule has 0 spiro atoms. The van der Waals surface area contributed by atoms with E-state index in [1.807, 2.05) is 36.6 Å². The molecule has 0 bridgehead atoms. The van der Waals surface area contributed by atoms with Gasteiger partial charge in [-0.05, 0) is 53.3 Å². The maximum Gasteiger partial charge on any atom is 0.314 e. The molecule has 1 aliphatic carbocycles. The Morgan fingerprint density at radius 1 is 1.14 bits per heavy atom. The summed E-state index contributed by atoms with van der Waals surface area (Å²) in [4.78, 5) is 12.5. The first kappa shape index (κ1) is 21.0. The topological polar surface area (TPSA) is 63.3 Å². The normalized spacial score (nSPS) is 15.8. The number of thioether (sulfide) groups is 1. The number of benzene rings is 2. The van der Waals surface area contributed by atoms with Gasteiger partial charge in [-0.1, -0.05) is 74.2 Å². The molecule has 2 aromatic rings. The Hall–Kier alpha value is -2.72. The largest absolute Gasteiger partial charge is 0.481 e. The van der Waals surface area contributed by atoms with Gasteiger partial charge in [-0.3, -0.25) is 4.79 Å². The molecule has 3 nitrogen and oxygen atoms in total. The highest BCUT2D eigenvalue weighted by Crippen LogP contribution is 2.48. The molecule has 4 heteroatoms. The average Bonchev–Trinajstić information content (AvgIpc) is 3.55. The Morgan fingerprint density at radius 2 is 1.69 bits per heavy atom. The molecule has 0 heterocycles. The summed E-state index contributed by atoms with van der Waals surface area (Å²) in [6.45, 7) is 6.15. The third-order valence-corrected chi connectivity index (χ3v) is 6.29. The minimum Gasteiger partial charge on any atom is -0.481 e. The lowest BCUT2D eigenvalue weighted by Crippen LogP contribution is -2.19. The number of nitrogens with two attached hydrogens (primary N) is 1. The molecule has 3 N–H and O–H groups in total. The van der Waals surface area contributed by atoms with Crippen molar-refractivity contribution in [3.8, 4) is 11.1 Å². The zero-order valence-electron chi connectivity index (χ0n) is 16.9. The lowest BCUT2D eigenvalue weighted by Gasteiger charge is -2.13. The van der Waals surface area contributed by atoms with E-state index in [4.69, 9.17) is 5.73 Å². The van der Waals surface area contributed by atoms with Crippen molar-refractivity contribution >= 4 is 22.6 Å². The summed E-state index contributed by atoms with van der Waals surface area (Å²) in [7, 11) is 0. The van der Waals surface area contributed by atoms with Crippen molar-refractivity contribution in [1.29, 1.82) is 0 Å². The third-order valence-electron chi connectivity index (χ3n) is 5.43. The SMILES string of the molecule is C=C(/C=C\CC)/C(N)=C(\SC)c1ccc(-c2ccc(C3(C(=O)O)CC3)cc2)cc1. The van der Waals surface area contributed by atoms with Crippen LogP contribution in [0.4, 0.5) is 0 Å². The Morgan fingerprint density at radius 3 is 2.14 bits per heavy atom. The molecule has 1 saturated carbocycles. The van der Waals surface area contributed by atoms with Crippen LogP contribution in [-0.2, 0) is 10.2 Å². The smallest absolute Gasteiger partial charge is 0.314 e. The van der Waals surface area contributed by atoms with Gasteiger partial charge in [0.15, 0.2) is 0 Å². The van der Waals surface area contributed by atoms with Crippen LogP contribution >= 0.6 is 11.8 Å². The van der Waals surface area contributed by atoms with Crippen molar-refractivity contribution in [3.05, 3.63) is 89.7 Å². The van der Waals surface area contributed by atoms with Gasteiger partial charge in [0.25, 0.3) is 0 Å². The maximum absolute atomic E-state index is 11.5. The first-order valence-electron chi connectivity index (χ1n) is 9.77. The van der Waals surface area contributed by atoms with Crippen LogP contribution in [0.1, 0.15) is 37.3 Å². The van der Waals surface area contributed by atoms with Gasteiger partial charge in [0.1, 0.15) is 0 Å². The number of allylic oxidation sites excluding steroid dienone is 2. The van der Waals surface area contributed by atoms with E-state index in [0.29, 0.717) is 5.70 Å². The Kier molecular flexibility index (Phi) is 6.33. The lowest BCUT2D eigenvalue weighted by molar-refractivity contribution is -0.140. The number of carbonyl (C=O) groups is 1. The van der Waals surface area contributed by atoms with E-state index < -0.39 is 11.4 Å². The molecule has 1 fully saturated rings. The molecule has 0 atom stereocenters. The third kappa shape index (κ3) is 4.33. The van der Waals surface area contributed by atoms with E-state index in [-0.39, 0.29) is 0 Å². The standard InChI is InChI=1S/C25H27NO2S/c1-4-5-6-17(2)22(26)23(29-3)20-9-7-18(8-10-20)19-11-13-21(14-12-19)25(15-16-25)24(27)28/h5-14H,2,4,15-16,26H2,1,3H3,(H,27,28)/b6-5-,23-22+. The van der Waals surface area contributed by atoms with Gasteiger partial charge in [0, 0.05) is 4.91 Å². The fourth-order valence-electron chi connectivity index (χ4n) is 3.43. The van der Waals surface area contributed by atoms with Crippen molar-refractivity contribution in [2.24, 2.45) is 5.73 Å². The van der Waals surface area contributed by atoms with Gasteiger partial charge in [0.05, 0.1) is 11.1 Å². The monoisotopic (exact) mass is 405 g/mol. The van der Waals surface area contributed by atoms with Crippen LogP contribution in [0.25, 0.3) is 16.0 Å². The lowest BCUT2D eigenvalue weighted by atomic mass is 9.93. The van der Waals surface area contributed by atoms with Crippen LogP contribution in [0.15, 0.2) is 78.5 Å². The van der Waals surface area contributed by atoms with E-state index in [2.05, 4.69) is 43.8 Å². The van der Waals surface area contributed by atoms with Crippen molar-refractivity contribution < 1.29 is 9.90 Å². The quantitative estimate of drug-likeness (QED) is 0.530. The van der Waals surface area contributed by atoms with Crippen molar-refractivity contribution in [1.82, 2.24) is 0 Å². The molecule has 0 aromatic heterocycles. The van der Waals surface area contributed by atoms with Gasteiger partial charge in [-0.15, -0.1) is 11.8 Å². The van der Waals surface area contributed by atoms with E-state index in [1.54, 1.807) is 11.8 Å². The van der Waals surface area contributed by atoms with Gasteiger partial charge in [-0.2, -0.15) is 0 Å². The van der Waals surface area contributed by atoms with Crippen LogP contribution < -0.4 is 5.73 Å². The summed E-state index contributed by atoms with van der Waals surface area (Å²) in [5.41, 5.74) is 11.3.